The monoisotopic (exact) mass is 306 g/mol. The third-order valence-corrected chi connectivity index (χ3v) is 3.79. The van der Waals surface area contributed by atoms with Crippen molar-refractivity contribution in [3.05, 3.63) is 34.4 Å². The van der Waals surface area contributed by atoms with E-state index in [0.717, 1.165) is 37.9 Å². The number of halogens is 1. The van der Waals surface area contributed by atoms with Gasteiger partial charge in [-0.15, -0.1) is 0 Å². The van der Waals surface area contributed by atoms with Gasteiger partial charge in [-0.1, -0.05) is 35.2 Å². The van der Waals surface area contributed by atoms with Crippen LogP contribution in [-0.2, 0) is 14.3 Å². The summed E-state index contributed by atoms with van der Waals surface area (Å²) in [5.74, 6) is 5.08. The summed E-state index contributed by atoms with van der Waals surface area (Å²) >= 11 is 6.09. The highest BCUT2D eigenvalue weighted by molar-refractivity contribution is 6.32. The molecule has 0 amide bonds. The first-order valence-corrected chi connectivity index (χ1v) is 7.54. The predicted octanol–water partition coefficient (Wildman–Crippen LogP) is 3.50. The molecule has 3 nitrogen and oxygen atoms in total. The Morgan fingerprint density at radius 3 is 3.14 bits per heavy atom. The minimum absolute atomic E-state index is 0.180. The fraction of sp³-hybridized carbons (Fsp3) is 0.471. The highest BCUT2D eigenvalue weighted by atomic mass is 35.5. The van der Waals surface area contributed by atoms with E-state index in [1.807, 2.05) is 13.0 Å². The predicted molar refractivity (Wildman–Crippen MR) is 82.7 cm³/mol. The van der Waals surface area contributed by atoms with E-state index in [2.05, 4.69) is 11.8 Å². The third kappa shape index (κ3) is 5.17. The van der Waals surface area contributed by atoms with E-state index in [1.165, 1.54) is 0 Å². The zero-order valence-corrected chi connectivity index (χ0v) is 12.9. The minimum Gasteiger partial charge on any atom is -0.353 e. The molecule has 1 aliphatic heterocycles. The summed E-state index contributed by atoms with van der Waals surface area (Å²) in [6, 6.07) is 0. The summed E-state index contributed by atoms with van der Waals surface area (Å²) < 4.78 is 10.9. The Bertz CT molecular complexity index is 540. The van der Waals surface area contributed by atoms with Gasteiger partial charge in [-0.25, -0.2) is 0 Å². The first-order valence-electron chi connectivity index (χ1n) is 7.16. The van der Waals surface area contributed by atoms with Crippen LogP contribution < -0.4 is 0 Å². The second-order valence-electron chi connectivity index (χ2n) is 5.07. The highest BCUT2D eigenvalue weighted by Gasteiger charge is 2.13. The zero-order valence-electron chi connectivity index (χ0n) is 12.2. The summed E-state index contributed by atoms with van der Waals surface area (Å²) in [5, 5.41) is 0.608. The number of Topliss-reactive ketones (excluding diaryl/α,β-unsaturated/α-hetero) is 1. The molecule has 1 heterocycles. The van der Waals surface area contributed by atoms with Crippen LogP contribution in [0.2, 0.25) is 0 Å². The maximum Gasteiger partial charge on any atom is 0.236 e. The Morgan fingerprint density at radius 2 is 2.38 bits per heavy atom. The summed E-state index contributed by atoms with van der Waals surface area (Å²) in [5.41, 5.74) is 1.56. The van der Waals surface area contributed by atoms with Gasteiger partial charge >= 0.3 is 0 Å². The number of allylic oxidation sites excluding steroid dienone is 6. The number of ketones is 1. The lowest BCUT2D eigenvalue weighted by Crippen LogP contribution is -2.22. The van der Waals surface area contributed by atoms with Crippen LogP contribution in [0.1, 0.15) is 32.6 Å². The van der Waals surface area contributed by atoms with E-state index >= 15 is 0 Å². The van der Waals surface area contributed by atoms with Crippen molar-refractivity contribution in [3.8, 4) is 11.8 Å². The second kappa shape index (κ2) is 8.19. The molecule has 0 N–H and O–H groups in total. The molecule has 0 saturated carbocycles. The molecule has 0 spiro atoms. The van der Waals surface area contributed by atoms with Crippen molar-refractivity contribution in [2.75, 3.05) is 13.2 Å². The molecule has 112 valence electrons. The number of ether oxygens (including phenoxy) is 2. The quantitative estimate of drug-likeness (QED) is 0.591. The smallest absolute Gasteiger partial charge is 0.236 e. The van der Waals surface area contributed by atoms with Gasteiger partial charge in [-0.2, -0.15) is 0 Å². The molecular formula is C17H19ClO3. The molecule has 1 saturated heterocycles. The van der Waals surface area contributed by atoms with Crippen LogP contribution in [0, 0.1) is 11.8 Å². The lowest BCUT2D eigenvalue weighted by molar-refractivity contribution is -0.154. The molecule has 0 aromatic heterocycles. The molecule has 1 aliphatic carbocycles. The maximum absolute atomic E-state index is 12.0. The van der Waals surface area contributed by atoms with Crippen LogP contribution >= 0.6 is 11.6 Å². The van der Waals surface area contributed by atoms with Crippen LogP contribution in [0.15, 0.2) is 34.4 Å². The van der Waals surface area contributed by atoms with Gasteiger partial charge in [0.15, 0.2) is 6.29 Å². The molecule has 0 aromatic rings. The molecular weight excluding hydrogens is 288 g/mol. The average Bonchev–Trinajstić information content (AvgIpc) is 2.67. The molecule has 2 rings (SSSR count). The fourth-order valence-corrected chi connectivity index (χ4v) is 2.27. The van der Waals surface area contributed by atoms with Crippen molar-refractivity contribution in [2.24, 2.45) is 0 Å². The first-order chi connectivity index (χ1) is 10.2. The minimum atomic E-state index is -0.243. The molecule has 1 atom stereocenters. The molecule has 0 aromatic carbocycles. The van der Waals surface area contributed by atoms with E-state index in [4.69, 9.17) is 21.1 Å². The lowest BCUT2D eigenvalue weighted by atomic mass is 10.1. The Balaban J connectivity index is 1.87. The number of rotatable bonds is 3. The van der Waals surface area contributed by atoms with Gasteiger partial charge in [0.25, 0.3) is 0 Å². The van der Waals surface area contributed by atoms with Gasteiger partial charge in [0, 0.05) is 17.2 Å². The van der Waals surface area contributed by atoms with Crippen molar-refractivity contribution in [2.45, 2.75) is 38.9 Å². The molecule has 4 heteroatoms. The molecule has 1 fully saturated rings. The second-order valence-corrected chi connectivity index (χ2v) is 5.48. The zero-order chi connectivity index (χ0) is 15.1. The average molecular weight is 307 g/mol. The van der Waals surface area contributed by atoms with Gasteiger partial charge in [0.05, 0.1) is 0 Å². The summed E-state index contributed by atoms with van der Waals surface area (Å²) in [6.07, 6.45) is 9.01. The number of carbonyl (C=O) groups is 1. The first kappa shape index (κ1) is 16.0. The fourth-order valence-electron chi connectivity index (χ4n) is 2.08. The van der Waals surface area contributed by atoms with E-state index in [0.29, 0.717) is 10.6 Å². The largest absolute Gasteiger partial charge is 0.353 e. The van der Waals surface area contributed by atoms with Crippen LogP contribution in [0.25, 0.3) is 0 Å². The molecule has 0 bridgehead atoms. The van der Waals surface area contributed by atoms with Crippen molar-refractivity contribution in [1.29, 1.82) is 0 Å². The van der Waals surface area contributed by atoms with Gasteiger partial charge in [-0.05, 0) is 44.6 Å². The highest BCUT2D eigenvalue weighted by Crippen LogP contribution is 2.21. The van der Waals surface area contributed by atoms with E-state index in [-0.39, 0.29) is 18.7 Å². The normalized spacial score (nSPS) is 22.2. The van der Waals surface area contributed by atoms with Gasteiger partial charge in [0.2, 0.25) is 5.78 Å². The van der Waals surface area contributed by atoms with Crippen LogP contribution in [0.4, 0.5) is 0 Å². The standard InChI is InChI=1S/C17H19ClO3/c1-13-6-4-7-14(12-15(13)18)16(19)8-5-11-21-17-9-2-3-10-20-17/h4,7,12,17H,2-3,6,9-11H2,1H3. The van der Waals surface area contributed by atoms with E-state index < -0.39 is 0 Å². The van der Waals surface area contributed by atoms with Crippen LogP contribution in [-0.4, -0.2) is 25.3 Å². The van der Waals surface area contributed by atoms with E-state index in [9.17, 15) is 4.79 Å². The Hall–Kier alpha value is -1.34. The molecule has 2 aliphatic rings. The molecule has 1 unspecified atom stereocenters. The van der Waals surface area contributed by atoms with Crippen molar-refractivity contribution in [3.63, 3.8) is 0 Å². The van der Waals surface area contributed by atoms with Gasteiger partial charge in [-0.3, -0.25) is 4.79 Å². The number of carbonyl (C=O) groups excluding carboxylic acids is 1. The van der Waals surface area contributed by atoms with Crippen LogP contribution in [0.5, 0.6) is 0 Å². The molecule has 0 radical (unpaired) electrons. The van der Waals surface area contributed by atoms with Gasteiger partial charge < -0.3 is 9.47 Å². The summed E-state index contributed by atoms with van der Waals surface area (Å²) in [6.45, 7) is 2.88. The summed E-state index contributed by atoms with van der Waals surface area (Å²) in [4.78, 5) is 12.0. The summed E-state index contributed by atoms with van der Waals surface area (Å²) in [7, 11) is 0. The van der Waals surface area contributed by atoms with Crippen LogP contribution in [0.3, 0.4) is 0 Å². The Labute approximate surface area is 130 Å². The Kier molecular flexibility index (Phi) is 6.25. The molecule has 21 heavy (non-hydrogen) atoms. The third-order valence-electron chi connectivity index (χ3n) is 3.35. The topological polar surface area (TPSA) is 35.5 Å². The number of hydrogen-bond donors (Lipinski definition) is 0. The SMILES string of the molecule is CC1=C(Cl)C=C(C(=O)C#CCOC2CCCCO2)C=CC1. The van der Waals surface area contributed by atoms with Crippen molar-refractivity contribution in [1.82, 2.24) is 0 Å². The van der Waals surface area contributed by atoms with Gasteiger partial charge in [0.1, 0.15) is 6.61 Å². The van der Waals surface area contributed by atoms with E-state index in [1.54, 1.807) is 12.2 Å². The van der Waals surface area contributed by atoms with Crippen molar-refractivity contribution < 1.29 is 14.3 Å². The Morgan fingerprint density at radius 1 is 1.52 bits per heavy atom. The number of hydrogen-bond acceptors (Lipinski definition) is 3. The lowest BCUT2D eigenvalue weighted by Gasteiger charge is -2.21. The van der Waals surface area contributed by atoms with Crippen molar-refractivity contribution >= 4 is 17.4 Å². The maximum atomic E-state index is 12.0.